The molecule has 0 spiro atoms. The van der Waals surface area contributed by atoms with Gasteiger partial charge in [-0.15, -0.1) is 0 Å². The summed E-state index contributed by atoms with van der Waals surface area (Å²) in [7, 11) is 0. The van der Waals surface area contributed by atoms with E-state index >= 15 is 0 Å². The second-order valence-electron chi connectivity index (χ2n) is 8.45. The second-order valence-corrected chi connectivity index (χ2v) is 8.45. The maximum absolute atomic E-state index is 13.0. The summed E-state index contributed by atoms with van der Waals surface area (Å²) in [5.41, 5.74) is 3.87. The Balaban J connectivity index is 1.19. The average molecular weight is 425 g/mol. The molecule has 0 radical (unpaired) electrons. The van der Waals surface area contributed by atoms with Gasteiger partial charge in [0.05, 0.1) is 11.1 Å². The first-order chi connectivity index (χ1) is 15.6. The summed E-state index contributed by atoms with van der Waals surface area (Å²) in [5, 5.41) is 0. The van der Waals surface area contributed by atoms with Crippen molar-refractivity contribution in [1.29, 1.82) is 0 Å². The molecule has 5 heteroatoms. The highest BCUT2D eigenvalue weighted by atomic mass is 16.2. The number of nitrogens with zero attached hydrogens (tertiary/aromatic N) is 2. The summed E-state index contributed by atoms with van der Waals surface area (Å²) in [6.45, 7) is 1.68. The van der Waals surface area contributed by atoms with Gasteiger partial charge < -0.3 is 4.90 Å². The summed E-state index contributed by atoms with van der Waals surface area (Å²) in [6, 6.07) is 24.8. The van der Waals surface area contributed by atoms with Gasteiger partial charge in [0, 0.05) is 25.2 Å². The Morgan fingerprint density at radius 2 is 1.25 bits per heavy atom. The molecule has 5 rings (SSSR count). The quantitative estimate of drug-likeness (QED) is 0.580. The standard InChI is InChI=1S/C27H24N2O3/c30-25(22-12-10-21(11-13-22)20-6-2-1-3-7-20)28-16-14-19(15-17-28)18-29-26(31)23-8-4-5-9-24(23)27(29)32/h1-13,19H,14-18H2. The molecule has 0 N–H and O–H groups in total. The molecule has 5 nitrogen and oxygen atoms in total. The zero-order valence-corrected chi connectivity index (χ0v) is 17.7. The lowest BCUT2D eigenvalue weighted by Gasteiger charge is -2.33. The Morgan fingerprint density at radius 3 is 1.84 bits per heavy atom. The molecular weight excluding hydrogens is 400 g/mol. The zero-order valence-electron chi connectivity index (χ0n) is 17.7. The molecule has 0 unspecified atom stereocenters. The SMILES string of the molecule is O=C(c1ccc(-c2ccccc2)cc1)N1CCC(CN2C(=O)c3ccccc3C2=O)CC1. The van der Waals surface area contributed by atoms with Gasteiger partial charge >= 0.3 is 0 Å². The molecule has 0 aliphatic carbocycles. The van der Waals surface area contributed by atoms with Gasteiger partial charge in [-0.2, -0.15) is 0 Å². The minimum Gasteiger partial charge on any atom is -0.339 e. The molecule has 3 aromatic carbocycles. The van der Waals surface area contributed by atoms with E-state index in [1.54, 1.807) is 24.3 Å². The van der Waals surface area contributed by atoms with Crippen molar-refractivity contribution >= 4 is 17.7 Å². The Bertz CT molecular complexity index is 1130. The molecular formula is C27H24N2O3. The highest BCUT2D eigenvalue weighted by Crippen LogP contribution is 2.27. The Labute approximate surface area is 187 Å². The molecule has 3 aromatic rings. The number of fused-ring (bicyclic) bond motifs is 1. The van der Waals surface area contributed by atoms with Gasteiger partial charge in [0.1, 0.15) is 0 Å². The van der Waals surface area contributed by atoms with E-state index in [1.807, 2.05) is 47.4 Å². The lowest BCUT2D eigenvalue weighted by Crippen LogP contribution is -2.42. The van der Waals surface area contributed by atoms with Crippen molar-refractivity contribution in [2.75, 3.05) is 19.6 Å². The van der Waals surface area contributed by atoms with E-state index in [0.29, 0.717) is 36.3 Å². The van der Waals surface area contributed by atoms with Crippen LogP contribution in [-0.2, 0) is 0 Å². The van der Waals surface area contributed by atoms with Crippen LogP contribution in [0.5, 0.6) is 0 Å². The maximum Gasteiger partial charge on any atom is 0.261 e. The number of rotatable bonds is 4. The summed E-state index contributed by atoms with van der Waals surface area (Å²) < 4.78 is 0. The second kappa shape index (κ2) is 8.42. The predicted octanol–water partition coefficient (Wildman–Crippen LogP) is 4.50. The van der Waals surface area contributed by atoms with Crippen molar-refractivity contribution in [3.63, 3.8) is 0 Å². The fourth-order valence-corrected chi connectivity index (χ4v) is 4.60. The van der Waals surface area contributed by atoms with E-state index in [4.69, 9.17) is 0 Å². The molecule has 0 aromatic heterocycles. The number of carbonyl (C=O) groups excluding carboxylic acids is 3. The van der Waals surface area contributed by atoms with Crippen molar-refractivity contribution in [3.05, 3.63) is 95.6 Å². The highest BCUT2D eigenvalue weighted by Gasteiger charge is 2.37. The van der Waals surface area contributed by atoms with Crippen LogP contribution in [0.15, 0.2) is 78.9 Å². The van der Waals surface area contributed by atoms with Crippen molar-refractivity contribution in [3.8, 4) is 11.1 Å². The topological polar surface area (TPSA) is 57.7 Å². The maximum atomic E-state index is 13.0. The minimum absolute atomic E-state index is 0.0313. The van der Waals surface area contributed by atoms with Gasteiger partial charge in [0.25, 0.3) is 17.7 Å². The van der Waals surface area contributed by atoms with Crippen LogP contribution >= 0.6 is 0 Å². The lowest BCUT2D eigenvalue weighted by molar-refractivity contribution is 0.0557. The molecule has 0 bridgehead atoms. The lowest BCUT2D eigenvalue weighted by atomic mass is 9.95. The zero-order chi connectivity index (χ0) is 22.1. The van der Waals surface area contributed by atoms with Crippen LogP contribution in [0.2, 0.25) is 0 Å². The first-order valence-electron chi connectivity index (χ1n) is 11.0. The summed E-state index contributed by atoms with van der Waals surface area (Å²) in [5.74, 6) is -0.171. The van der Waals surface area contributed by atoms with Gasteiger partial charge in [-0.3, -0.25) is 19.3 Å². The first kappa shape index (κ1) is 20.2. The highest BCUT2D eigenvalue weighted by molar-refractivity contribution is 6.21. The van der Waals surface area contributed by atoms with E-state index in [1.165, 1.54) is 4.90 Å². The number of amides is 3. The Morgan fingerprint density at radius 1 is 0.719 bits per heavy atom. The van der Waals surface area contributed by atoms with Crippen LogP contribution in [0.1, 0.15) is 43.9 Å². The van der Waals surface area contributed by atoms with E-state index in [-0.39, 0.29) is 23.6 Å². The molecule has 0 saturated carbocycles. The van der Waals surface area contributed by atoms with Gasteiger partial charge in [0.15, 0.2) is 0 Å². The largest absolute Gasteiger partial charge is 0.339 e. The van der Waals surface area contributed by atoms with Crippen LogP contribution in [0, 0.1) is 5.92 Å². The van der Waals surface area contributed by atoms with Crippen LogP contribution in [0.25, 0.3) is 11.1 Å². The third kappa shape index (κ3) is 3.71. The number of hydrogen-bond donors (Lipinski definition) is 0. The van der Waals surface area contributed by atoms with Crippen molar-refractivity contribution in [2.24, 2.45) is 5.92 Å². The number of piperidine rings is 1. The van der Waals surface area contributed by atoms with Crippen molar-refractivity contribution in [1.82, 2.24) is 9.80 Å². The van der Waals surface area contributed by atoms with Crippen LogP contribution < -0.4 is 0 Å². The fourth-order valence-electron chi connectivity index (χ4n) is 4.60. The minimum atomic E-state index is -0.206. The molecule has 32 heavy (non-hydrogen) atoms. The number of likely N-dealkylation sites (tertiary alicyclic amines) is 1. The van der Waals surface area contributed by atoms with Gasteiger partial charge in [-0.1, -0.05) is 54.6 Å². The molecule has 3 amide bonds. The molecule has 2 aliphatic rings. The van der Waals surface area contributed by atoms with Crippen LogP contribution in [0.4, 0.5) is 0 Å². The van der Waals surface area contributed by atoms with Gasteiger partial charge in [-0.05, 0) is 54.2 Å². The summed E-state index contributed by atoms with van der Waals surface area (Å²) in [6.07, 6.45) is 1.56. The van der Waals surface area contributed by atoms with E-state index < -0.39 is 0 Å². The molecule has 2 aliphatic heterocycles. The average Bonchev–Trinajstić information content (AvgIpc) is 3.10. The number of carbonyl (C=O) groups is 3. The van der Waals surface area contributed by atoms with Gasteiger partial charge in [0.2, 0.25) is 0 Å². The number of hydrogen-bond acceptors (Lipinski definition) is 3. The molecule has 1 saturated heterocycles. The monoisotopic (exact) mass is 424 g/mol. The molecule has 2 heterocycles. The Hall–Kier alpha value is -3.73. The summed E-state index contributed by atoms with van der Waals surface area (Å²) >= 11 is 0. The van der Waals surface area contributed by atoms with E-state index in [2.05, 4.69) is 12.1 Å². The van der Waals surface area contributed by atoms with Crippen LogP contribution in [0.3, 0.4) is 0 Å². The molecule has 160 valence electrons. The molecule has 1 fully saturated rings. The number of benzene rings is 3. The predicted molar refractivity (Wildman–Crippen MR) is 122 cm³/mol. The normalized spacial score (nSPS) is 16.4. The third-order valence-corrected chi connectivity index (χ3v) is 6.46. The number of imide groups is 1. The Kier molecular flexibility index (Phi) is 5.31. The van der Waals surface area contributed by atoms with E-state index in [0.717, 1.165) is 24.0 Å². The molecule has 0 atom stereocenters. The first-order valence-corrected chi connectivity index (χ1v) is 11.0. The third-order valence-electron chi connectivity index (χ3n) is 6.46. The summed E-state index contributed by atoms with van der Waals surface area (Å²) in [4.78, 5) is 41.4. The van der Waals surface area contributed by atoms with Crippen LogP contribution in [-0.4, -0.2) is 47.2 Å². The van der Waals surface area contributed by atoms with E-state index in [9.17, 15) is 14.4 Å². The smallest absolute Gasteiger partial charge is 0.261 e. The van der Waals surface area contributed by atoms with Gasteiger partial charge in [-0.25, -0.2) is 0 Å². The van der Waals surface area contributed by atoms with Crippen molar-refractivity contribution < 1.29 is 14.4 Å². The van der Waals surface area contributed by atoms with Crippen molar-refractivity contribution in [2.45, 2.75) is 12.8 Å². The fraction of sp³-hybridized carbons (Fsp3) is 0.222.